The molecule has 0 spiro atoms. The van der Waals surface area contributed by atoms with E-state index in [0.29, 0.717) is 47.5 Å². The first-order valence-corrected chi connectivity index (χ1v) is 15.2. The lowest BCUT2D eigenvalue weighted by molar-refractivity contribution is -0.119. The van der Waals surface area contributed by atoms with Gasteiger partial charge in [0.15, 0.2) is 23.1 Å². The van der Waals surface area contributed by atoms with E-state index in [0.717, 1.165) is 46.5 Å². The van der Waals surface area contributed by atoms with Crippen molar-refractivity contribution in [2.24, 2.45) is 10.8 Å². The van der Waals surface area contributed by atoms with Crippen LogP contribution in [0.2, 0.25) is 10.0 Å². The SMILES string of the molecule is CCOc1cc(C2C3=C(CC(C)(C)CC3=O)N(CC)C3=C2C(=O)CC(C)(C)C3)cc(Cl)c1OCc1ccccc1Cl. The summed E-state index contributed by atoms with van der Waals surface area (Å²) in [5.41, 5.74) is 4.81. The minimum Gasteiger partial charge on any atom is -0.490 e. The fourth-order valence-electron chi connectivity index (χ4n) is 6.69. The zero-order chi connectivity index (χ0) is 29.7. The maximum absolute atomic E-state index is 13.9. The molecule has 0 amide bonds. The molecule has 0 saturated heterocycles. The van der Waals surface area contributed by atoms with Gasteiger partial charge in [-0.05, 0) is 61.3 Å². The smallest absolute Gasteiger partial charge is 0.180 e. The van der Waals surface area contributed by atoms with Gasteiger partial charge in [-0.2, -0.15) is 0 Å². The lowest BCUT2D eigenvalue weighted by Crippen LogP contribution is -2.44. The summed E-state index contributed by atoms with van der Waals surface area (Å²) in [5.74, 6) is 0.591. The molecule has 41 heavy (non-hydrogen) atoms. The molecule has 5 rings (SSSR count). The topological polar surface area (TPSA) is 55.8 Å². The highest BCUT2D eigenvalue weighted by Crippen LogP contribution is 2.55. The average molecular weight is 597 g/mol. The van der Waals surface area contributed by atoms with E-state index >= 15 is 0 Å². The Morgan fingerprint density at radius 3 is 1.95 bits per heavy atom. The van der Waals surface area contributed by atoms with Crippen LogP contribution in [0.5, 0.6) is 11.5 Å². The summed E-state index contributed by atoms with van der Waals surface area (Å²) < 4.78 is 12.2. The molecule has 1 heterocycles. The number of ketones is 2. The number of ether oxygens (including phenoxy) is 2. The molecule has 0 fully saturated rings. The highest BCUT2D eigenvalue weighted by Gasteiger charge is 2.48. The molecule has 218 valence electrons. The Labute approximate surface area is 253 Å². The number of halogens is 2. The second-order valence-electron chi connectivity index (χ2n) is 12.9. The van der Waals surface area contributed by atoms with Crippen molar-refractivity contribution in [1.29, 1.82) is 0 Å². The zero-order valence-corrected chi connectivity index (χ0v) is 26.3. The summed E-state index contributed by atoms with van der Waals surface area (Å²) in [6.07, 6.45) is 2.42. The lowest BCUT2D eigenvalue weighted by atomic mass is 9.63. The Balaban J connectivity index is 1.67. The maximum atomic E-state index is 13.9. The largest absolute Gasteiger partial charge is 0.490 e. The molecule has 3 aliphatic rings. The fraction of sp³-hybridized carbons (Fsp3) is 0.471. The molecule has 0 N–H and O–H groups in total. The number of hydrogen-bond acceptors (Lipinski definition) is 5. The predicted octanol–water partition coefficient (Wildman–Crippen LogP) is 8.68. The van der Waals surface area contributed by atoms with Crippen LogP contribution in [0.1, 0.15) is 84.3 Å². The summed E-state index contributed by atoms with van der Waals surface area (Å²) in [5, 5.41) is 0.977. The molecule has 2 aromatic rings. The van der Waals surface area contributed by atoms with E-state index in [1.54, 1.807) is 0 Å². The zero-order valence-electron chi connectivity index (χ0n) is 24.8. The van der Waals surface area contributed by atoms with Gasteiger partial charge in [0.1, 0.15) is 6.61 Å². The van der Waals surface area contributed by atoms with Crippen LogP contribution in [0.25, 0.3) is 0 Å². The summed E-state index contributed by atoms with van der Waals surface area (Å²) in [7, 11) is 0. The minimum absolute atomic E-state index is 0.0945. The van der Waals surface area contributed by atoms with Crippen LogP contribution in [-0.4, -0.2) is 29.6 Å². The molecule has 2 aliphatic carbocycles. The molecule has 0 aromatic heterocycles. The van der Waals surface area contributed by atoms with Crippen molar-refractivity contribution in [3.8, 4) is 11.5 Å². The average Bonchev–Trinajstić information content (AvgIpc) is 2.86. The van der Waals surface area contributed by atoms with Gasteiger partial charge in [-0.3, -0.25) is 9.59 Å². The highest BCUT2D eigenvalue weighted by molar-refractivity contribution is 6.32. The van der Waals surface area contributed by atoms with Crippen LogP contribution in [0, 0.1) is 10.8 Å². The molecule has 0 saturated carbocycles. The lowest BCUT2D eigenvalue weighted by Gasteiger charge is -2.49. The third kappa shape index (κ3) is 5.68. The van der Waals surface area contributed by atoms with E-state index in [9.17, 15) is 9.59 Å². The number of benzene rings is 2. The van der Waals surface area contributed by atoms with E-state index in [1.165, 1.54) is 0 Å². The molecule has 0 unspecified atom stereocenters. The monoisotopic (exact) mass is 595 g/mol. The van der Waals surface area contributed by atoms with Gasteiger partial charge >= 0.3 is 0 Å². The van der Waals surface area contributed by atoms with Gasteiger partial charge in [0.05, 0.1) is 11.6 Å². The van der Waals surface area contributed by atoms with Gasteiger partial charge in [0.25, 0.3) is 0 Å². The van der Waals surface area contributed by atoms with Crippen molar-refractivity contribution in [2.45, 2.75) is 79.8 Å². The maximum Gasteiger partial charge on any atom is 0.180 e. The van der Waals surface area contributed by atoms with Crippen LogP contribution >= 0.6 is 23.2 Å². The molecule has 0 bridgehead atoms. The van der Waals surface area contributed by atoms with Crippen LogP contribution in [0.15, 0.2) is 58.9 Å². The van der Waals surface area contributed by atoms with Gasteiger partial charge in [-0.25, -0.2) is 0 Å². The van der Waals surface area contributed by atoms with Crippen molar-refractivity contribution in [3.05, 3.63) is 80.1 Å². The molecule has 0 atom stereocenters. The highest BCUT2D eigenvalue weighted by atomic mass is 35.5. The molecule has 5 nitrogen and oxygen atoms in total. The second kappa shape index (κ2) is 11.1. The molecule has 2 aromatic carbocycles. The van der Waals surface area contributed by atoms with E-state index in [-0.39, 0.29) is 29.0 Å². The Hall–Kier alpha value is -2.76. The molecule has 7 heteroatoms. The van der Waals surface area contributed by atoms with Gasteiger partial charge in [0, 0.05) is 58.4 Å². The Morgan fingerprint density at radius 2 is 1.41 bits per heavy atom. The van der Waals surface area contributed by atoms with E-state index < -0.39 is 5.92 Å². The van der Waals surface area contributed by atoms with E-state index in [1.807, 2.05) is 43.3 Å². The van der Waals surface area contributed by atoms with Crippen molar-refractivity contribution in [3.63, 3.8) is 0 Å². The van der Waals surface area contributed by atoms with Crippen molar-refractivity contribution >= 4 is 34.8 Å². The molecule has 0 radical (unpaired) electrons. The predicted molar refractivity (Wildman–Crippen MR) is 164 cm³/mol. The first-order chi connectivity index (χ1) is 19.4. The first-order valence-electron chi connectivity index (χ1n) is 14.5. The number of carbonyl (C=O) groups excluding carboxylic acids is 2. The van der Waals surface area contributed by atoms with Crippen LogP contribution in [0.3, 0.4) is 0 Å². The molecular weight excluding hydrogens is 557 g/mol. The number of allylic oxidation sites excluding steroid dienone is 4. The van der Waals surface area contributed by atoms with Gasteiger partial charge < -0.3 is 14.4 Å². The van der Waals surface area contributed by atoms with Crippen LogP contribution in [0.4, 0.5) is 0 Å². The number of hydrogen-bond donors (Lipinski definition) is 0. The van der Waals surface area contributed by atoms with Crippen molar-refractivity contribution in [2.75, 3.05) is 13.2 Å². The van der Waals surface area contributed by atoms with Crippen molar-refractivity contribution < 1.29 is 19.1 Å². The number of carbonyl (C=O) groups is 2. The van der Waals surface area contributed by atoms with Crippen molar-refractivity contribution in [1.82, 2.24) is 4.90 Å². The quantitative estimate of drug-likeness (QED) is 0.320. The van der Waals surface area contributed by atoms with E-state index in [4.69, 9.17) is 32.7 Å². The van der Waals surface area contributed by atoms with Gasteiger partial charge in [0.2, 0.25) is 0 Å². The third-order valence-corrected chi connectivity index (χ3v) is 8.98. The van der Waals surface area contributed by atoms with Gasteiger partial charge in [-0.15, -0.1) is 0 Å². The summed E-state index contributed by atoms with van der Waals surface area (Å²) in [6.45, 7) is 13.9. The van der Waals surface area contributed by atoms with Crippen LogP contribution in [-0.2, 0) is 16.2 Å². The van der Waals surface area contributed by atoms with Gasteiger partial charge in [-0.1, -0.05) is 69.1 Å². The molecule has 1 aliphatic heterocycles. The van der Waals surface area contributed by atoms with E-state index in [2.05, 4.69) is 39.5 Å². The standard InChI is InChI=1S/C34H39Cl2NO4/c1-7-37-24-15-33(3,4)17-26(38)30(24)29(31-25(37)16-34(5,6)18-27(31)39)21-13-23(36)32(28(14-21)40-8-2)41-19-20-11-9-10-12-22(20)35/h9-14,29H,7-8,15-19H2,1-6H3. The number of nitrogens with zero attached hydrogens (tertiary/aromatic N) is 1. The Morgan fingerprint density at radius 1 is 0.829 bits per heavy atom. The molecular formula is C34H39Cl2NO4. The first kappa shape index (κ1) is 29.7. The fourth-order valence-corrected chi connectivity index (χ4v) is 7.15. The summed E-state index contributed by atoms with van der Waals surface area (Å²) in [6, 6.07) is 11.2. The Kier molecular flexibility index (Phi) is 8.08. The normalized spacial score (nSPS) is 20.2. The number of rotatable bonds is 7. The Bertz CT molecular complexity index is 1420. The second-order valence-corrected chi connectivity index (χ2v) is 13.7. The van der Waals surface area contributed by atoms with Crippen LogP contribution < -0.4 is 9.47 Å². The summed E-state index contributed by atoms with van der Waals surface area (Å²) >= 11 is 13.3. The number of Topliss-reactive ketones (excluding diaryl/α,β-unsaturated/α-hetero) is 2. The summed E-state index contributed by atoms with van der Waals surface area (Å²) in [4.78, 5) is 30.1. The minimum atomic E-state index is -0.496. The third-order valence-electron chi connectivity index (χ3n) is 8.33.